The van der Waals surface area contributed by atoms with Crippen LogP contribution in [-0.2, 0) is 10.0 Å². The molecule has 0 unspecified atom stereocenters. The predicted molar refractivity (Wildman–Crippen MR) is 121 cm³/mol. The van der Waals surface area contributed by atoms with E-state index in [1.165, 1.54) is 4.31 Å². The summed E-state index contributed by atoms with van der Waals surface area (Å²) in [6.45, 7) is 0.386. The van der Waals surface area contributed by atoms with E-state index in [1.54, 1.807) is 36.7 Å². The summed E-state index contributed by atoms with van der Waals surface area (Å²) in [6, 6.07) is 12.4. The van der Waals surface area contributed by atoms with Crippen molar-refractivity contribution >= 4 is 26.6 Å². The molecule has 1 fully saturated rings. The minimum Gasteiger partial charge on any atom is -0.390 e. The number of nitriles is 1. The van der Waals surface area contributed by atoms with Crippen LogP contribution < -0.4 is 5.32 Å². The van der Waals surface area contributed by atoms with Crippen molar-refractivity contribution in [1.82, 2.24) is 14.3 Å². The van der Waals surface area contributed by atoms with Gasteiger partial charge in [0, 0.05) is 41.8 Å². The number of anilines is 1. The van der Waals surface area contributed by atoms with Gasteiger partial charge in [0.2, 0.25) is 10.0 Å². The molecule has 9 heteroatoms. The molecular formula is C23H21N5O3S. The molecule has 3 heterocycles. The van der Waals surface area contributed by atoms with Crippen LogP contribution in [0.2, 0.25) is 0 Å². The van der Waals surface area contributed by atoms with E-state index in [0.717, 1.165) is 22.6 Å². The molecule has 0 aliphatic carbocycles. The zero-order chi connectivity index (χ0) is 22.7. The third-order valence-corrected chi connectivity index (χ3v) is 6.60. The van der Waals surface area contributed by atoms with Gasteiger partial charge in [0.05, 0.1) is 30.0 Å². The number of nitrogens with one attached hydrogen (secondary N) is 1. The van der Waals surface area contributed by atoms with Gasteiger partial charge < -0.3 is 10.4 Å². The molecule has 1 saturated heterocycles. The highest BCUT2D eigenvalue weighted by atomic mass is 32.2. The molecule has 0 bridgehead atoms. The number of benzene rings is 1. The summed E-state index contributed by atoms with van der Waals surface area (Å²) >= 11 is 0. The highest BCUT2D eigenvalue weighted by Gasteiger charge is 2.32. The zero-order valence-corrected chi connectivity index (χ0v) is 18.2. The Balaban J connectivity index is 1.57. The molecule has 0 amide bonds. The van der Waals surface area contributed by atoms with Crippen LogP contribution in [0.3, 0.4) is 0 Å². The van der Waals surface area contributed by atoms with Crippen LogP contribution in [0.4, 0.5) is 5.82 Å². The van der Waals surface area contributed by atoms with E-state index in [4.69, 9.17) is 5.26 Å². The number of β-amino-alcohol motifs (C(OH)–C–C–N with tert-alkyl or cyclic N) is 1. The number of fused-ring (bicyclic) bond motifs is 1. The second-order valence-corrected chi connectivity index (χ2v) is 9.60. The molecule has 1 aliphatic rings. The second-order valence-electron chi connectivity index (χ2n) is 7.62. The number of piperidine rings is 1. The minimum atomic E-state index is -3.33. The quantitative estimate of drug-likeness (QED) is 0.587. The van der Waals surface area contributed by atoms with Crippen LogP contribution in [0.5, 0.6) is 0 Å². The molecule has 1 aromatic carbocycles. The van der Waals surface area contributed by atoms with Crippen molar-refractivity contribution < 1.29 is 13.5 Å². The number of nitrogens with zero attached hydrogens (tertiary/aromatic N) is 4. The molecule has 2 N–H and O–H groups in total. The summed E-state index contributed by atoms with van der Waals surface area (Å²) in [6.07, 6.45) is 4.15. The van der Waals surface area contributed by atoms with Crippen LogP contribution in [0.1, 0.15) is 23.2 Å². The lowest BCUT2D eigenvalue weighted by molar-refractivity contribution is 0.0952. The summed E-state index contributed by atoms with van der Waals surface area (Å²) in [5, 5.41) is 24.2. The highest BCUT2D eigenvalue weighted by molar-refractivity contribution is 7.88. The Morgan fingerprint density at radius 2 is 1.91 bits per heavy atom. The number of aliphatic hydroxyl groups excluding tert-OH is 1. The molecule has 2 aromatic heterocycles. The smallest absolute Gasteiger partial charge is 0.211 e. The summed E-state index contributed by atoms with van der Waals surface area (Å²) in [4.78, 5) is 8.81. The maximum Gasteiger partial charge on any atom is 0.211 e. The summed E-state index contributed by atoms with van der Waals surface area (Å²) < 4.78 is 24.7. The van der Waals surface area contributed by atoms with Gasteiger partial charge in [0.25, 0.3) is 0 Å². The van der Waals surface area contributed by atoms with Crippen molar-refractivity contribution in [3.63, 3.8) is 0 Å². The lowest BCUT2D eigenvalue weighted by Gasteiger charge is -2.35. The van der Waals surface area contributed by atoms with Gasteiger partial charge in [-0.1, -0.05) is 5.92 Å². The average Bonchev–Trinajstić information content (AvgIpc) is 2.78. The SMILES string of the molecule is CS(=O)(=O)N1CC[C@H](Nc2cc3c(C#Cc4ccc(C#N)cc4)nccc3cn2)[C@@H](O)C1. The van der Waals surface area contributed by atoms with Crippen LogP contribution >= 0.6 is 0 Å². The van der Waals surface area contributed by atoms with Gasteiger partial charge in [-0.05, 0) is 48.7 Å². The molecule has 4 rings (SSSR count). The lowest BCUT2D eigenvalue weighted by Crippen LogP contribution is -2.51. The minimum absolute atomic E-state index is 0.0486. The fourth-order valence-electron chi connectivity index (χ4n) is 3.57. The first-order chi connectivity index (χ1) is 15.3. The molecule has 8 nitrogen and oxygen atoms in total. The first-order valence-corrected chi connectivity index (χ1v) is 11.8. The van der Waals surface area contributed by atoms with Crippen LogP contribution in [0.15, 0.2) is 48.8 Å². The van der Waals surface area contributed by atoms with Crippen molar-refractivity contribution in [3.05, 3.63) is 65.6 Å². The van der Waals surface area contributed by atoms with Gasteiger partial charge in [-0.15, -0.1) is 0 Å². The average molecular weight is 448 g/mol. The van der Waals surface area contributed by atoms with Crippen molar-refractivity contribution in [1.29, 1.82) is 5.26 Å². The first kappa shape index (κ1) is 21.7. The molecule has 0 spiro atoms. The van der Waals surface area contributed by atoms with Crippen molar-refractivity contribution in [2.24, 2.45) is 0 Å². The summed E-state index contributed by atoms with van der Waals surface area (Å²) in [5.41, 5.74) is 1.94. The molecule has 32 heavy (non-hydrogen) atoms. The van der Waals surface area contributed by atoms with Gasteiger partial charge in [-0.2, -0.15) is 9.57 Å². The number of pyridine rings is 2. The second kappa shape index (κ2) is 8.93. The Kier molecular flexibility index (Phi) is 6.06. The van der Waals surface area contributed by atoms with E-state index < -0.39 is 16.1 Å². The maximum absolute atomic E-state index is 11.7. The Morgan fingerprint density at radius 1 is 1.16 bits per heavy atom. The molecule has 1 aliphatic heterocycles. The Bertz CT molecular complexity index is 1350. The maximum atomic E-state index is 11.7. The standard InChI is InChI=1S/C23H21N5O3S/c1-32(30,31)28-11-9-21(22(29)15-28)27-23-12-19-18(14-26-23)8-10-25-20(19)7-6-16-2-4-17(13-24)5-3-16/h2-5,8,10,12,14,21-22,29H,9,11,15H2,1H3,(H,26,27)/t21-,22-/m0/s1. The van der Waals surface area contributed by atoms with Gasteiger partial charge in [-0.3, -0.25) is 0 Å². The fourth-order valence-corrected chi connectivity index (χ4v) is 4.43. The topological polar surface area (TPSA) is 119 Å². The summed E-state index contributed by atoms with van der Waals surface area (Å²) in [7, 11) is -3.33. The van der Waals surface area contributed by atoms with Crippen LogP contribution in [0.25, 0.3) is 10.8 Å². The Morgan fingerprint density at radius 3 is 2.59 bits per heavy atom. The zero-order valence-electron chi connectivity index (χ0n) is 17.4. The molecule has 0 radical (unpaired) electrons. The van der Waals surface area contributed by atoms with Gasteiger partial charge in [-0.25, -0.2) is 18.4 Å². The Labute approximate surface area is 186 Å². The third-order valence-electron chi connectivity index (χ3n) is 5.33. The number of sulfonamides is 1. The number of rotatable bonds is 3. The predicted octanol–water partition coefficient (Wildman–Crippen LogP) is 1.71. The van der Waals surface area contributed by atoms with E-state index in [2.05, 4.69) is 33.2 Å². The summed E-state index contributed by atoms with van der Waals surface area (Å²) in [5.74, 6) is 6.71. The monoisotopic (exact) mass is 447 g/mol. The molecule has 2 atom stereocenters. The van der Waals surface area contributed by atoms with E-state index in [1.807, 2.05) is 12.1 Å². The molecule has 0 saturated carbocycles. The van der Waals surface area contributed by atoms with Gasteiger partial charge >= 0.3 is 0 Å². The fraction of sp³-hybridized carbons (Fsp3) is 0.261. The third kappa shape index (κ3) is 4.87. The van der Waals surface area contributed by atoms with E-state index in [-0.39, 0.29) is 12.6 Å². The molecular weight excluding hydrogens is 426 g/mol. The van der Waals surface area contributed by atoms with Gasteiger partial charge in [0.1, 0.15) is 11.5 Å². The molecule has 3 aromatic rings. The van der Waals surface area contributed by atoms with E-state index in [9.17, 15) is 13.5 Å². The highest BCUT2D eigenvalue weighted by Crippen LogP contribution is 2.22. The first-order valence-electron chi connectivity index (χ1n) is 10.00. The van der Waals surface area contributed by atoms with Gasteiger partial charge in [0.15, 0.2) is 0 Å². The lowest BCUT2D eigenvalue weighted by atomic mass is 10.0. The largest absolute Gasteiger partial charge is 0.390 e. The number of hydrogen-bond acceptors (Lipinski definition) is 7. The van der Waals surface area contributed by atoms with Crippen LogP contribution in [-0.4, -0.2) is 59.3 Å². The van der Waals surface area contributed by atoms with Crippen molar-refractivity contribution in [2.45, 2.75) is 18.6 Å². The van der Waals surface area contributed by atoms with Crippen LogP contribution in [0, 0.1) is 23.2 Å². The number of hydrogen-bond donors (Lipinski definition) is 2. The van der Waals surface area contributed by atoms with E-state index in [0.29, 0.717) is 30.0 Å². The number of aliphatic hydroxyl groups is 1. The Hall–Kier alpha value is -3.50. The van der Waals surface area contributed by atoms with Crippen molar-refractivity contribution in [3.8, 4) is 17.9 Å². The van der Waals surface area contributed by atoms with E-state index >= 15 is 0 Å². The molecule has 162 valence electrons. The van der Waals surface area contributed by atoms with Crippen molar-refractivity contribution in [2.75, 3.05) is 24.7 Å². The number of aromatic nitrogens is 2. The normalized spacial score (nSPS) is 19.0.